The normalized spacial score (nSPS) is 10.9. The second kappa shape index (κ2) is 9.53. The molecule has 0 spiro atoms. The van der Waals surface area contributed by atoms with Gasteiger partial charge in [0, 0.05) is 35.0 Å². The first-order chi connectivity index (χ1) is 13.5. The molecule has 0 radical (unpaired) electrons. The van der Waals surface area contributed by atoms with E-state index in [0.717, 1.165) is 41.2 Å². The van der Waals surface area contributed by atoms with E-state index in [2.05, 4.69) is 9.88 Å². The fourth-order valence-corrected chi connectivity index (χ4v) is 2.94. The Kier molecular flexibility index (Phi) is 6.85. The largest absolute Gasteiger partial charge is 0.497 e. The zero-order valence-corrected chi connectivity index (χ0v) is 17.1. The second-order valence-corrected chi connectivity index (χ2v) is 7.11. The van der Waals surface area contributed by atoms with Crippen molar-refractivity contribution in [1.82, 2.24) is 14.9 Å². The van der Waals surface area contributed by atoms with E-state index >= 15 is 0 Å². The molecule has 2 heterocycles. The summed E-state index contributed by atoms with van der Waals surface area (Å²) in [7, 11) is 5.74. The lowest BCUT2D eigenvalue weighted by atomic mass is 10.1. The van der Waals surface area contributed by atoms with Crippen LogP contribution in [0.15, 0.2) is 54.7 Å². The first-order valence-electron chi connectivity index (χ1n) is 9.11. The van der Waals surface area contributed by atoms with Gasteiger partial charge in [0.2, 0.25) is 5.88 Å². The van der Waals surface area contributed by atoms with Gasteiger partial charge in [-0.05, 0) is 63.0 Å². The van der Waals surface area contributed by atoms with Gasteiger partial charge in [-0.1, -0.05) is 11.6 Å². The molecule has 3 rings (SSSR count). The maximum absolute atomic E-state index is 6.34. The van der Waals surface area contributed by atoms with Crippen LogP contribution >= 0.6 is 11.6 Å². The second-order valence-electron chi connectivity index (χ2n) is 6.67. The molecule has 0 atom stereocenters. The maximum Gasteiger partial charge on any atom is 0.213 e. The van der Waals surface area contributed by atoms with Crippen molar-refractivity contribution < 1.29 is 9.47 Å². The minimum absolute atomic E-state index is 0.611. The zero-order chi connectivity index (χ0) is 19.9. The van der Waals surface area contributed by atoms with Crippen molar-refractivity contribution in [2.24, 2.45) is 0 Å². The monoisotopic (exact) mass is 397 g/mol. The number of ether oxygens (including phenoxy) is 2. The number of hydrogen-bond acceptors (Lipinski definition) is 5. The Balaban J connectivity index is 1.75. The Morgan fingerprint density at radius 2 is 1.64 bits per heavy atom. The lowest BCUT2D eigenvalue weighted by molar-refractivity contribution is 0.273. The molecule has 0 aliphatic rings. The Morgan fingerprint density at radius 1 is 0.964 bits per heavy atom. The number of rotatable bonds is 8. The van der Waals surface area contributed by atoms with Crippen LogP contribution in [0.1, 0.15) is 6.42 Å². The molecule has 146 valence electrons. The van der Waals surface area contributed by atoms with E-state index in [4.69, 9.17) is 26.1 Å². The van der Waals surface area contributed by atoms with Gasteiger partial charge in [-0.3, -0.25) is 0 Å². The maximum atomic E-state index is 6.34. The quantitative estimate of drug-likeness (QED) is 0.511. The molecular formula is C22H24ClN3O2. The zero-order valence-electron chi connectivity index (χ0n) is 16.4. The lowest BCUT2D eigenvalue weighted by Gasteiger charge is -2.10. The van der Waals surface area contributed by atoms with E-state index < -0.39 is 0 Å². The van der Waals surface area contributed by atoms with E-state index in [1.165, 1.54) is 0 Å². The van der Waals surface area contributed by atoms with E-state index in [1.54, 1.807) is 13.3 Å². The van der Waals surface area contributed by atoms with Crippen LogP contribution in [0.4, 0.5) is 0 Å². The minimum atomic E-state index is 0.611. The van der Waals surface area contributed by atoms with Crippen LogP contribution in [-0.2, 0) is 0 Å². The Morgan fingerprint density at radius 3 is 2.25 bits per heavy atom. The summed E-state index contributed by atoms with van der Waals surface area (Å²) in [5, 5.41) is 0.625. The van der Waals surface area contributed by atoms with Gasteiger partial charge in [-0.15, -0.1) is 0 Å². The summed E-state index contributed by atoms with van der Waals surface area (Å²) < 4.78 is 10.9. The topological polar surface area (TPSA) is 47.5 Å². The smallest absolute Gasteiger partial charge is 0.213 e. The van der Waals surface area contributed by atoms with E-state index in [9.17, 15) is 0 Å². The van der Waals surface area contributed by atoms with Crippen LogP contribution in [0.25, 0.3) is 22.5 Å². The molecule has 5 nitrogen and oxygen atoms in total. The molecule has 0 unspecified atom stereocenters. The third-order valence-corrected chi connectivity index (χ3v) is 4.43. The van der Waals surface area contributed by atoms with Crippen LogP contribution in [0, 0.1) is 0 Å². The number of hydrogen-bond donors (Lipinski definition) is 0. The van der Waals surface area contributed by atoms with E-state index in [-0.39, 0.29) is 0 Å². The molecular weight excluding hydrogens is 374 g/mol. The van der Waals surface area contributed by atoms with Crippen LogP contribution in [0.5, 0.6) is 11.6 Å². The molecule has 0 bridgehead atoms. The Bertz CT molecular complexity index is 897. The van der Waals surface area contributed by atoms with E-state index in [0.29, 0.717) is 17.5 Å². The van der Waals surface area contributed by atoms with Gasteiger partial charge in [0.15, 0.2) is 0 Å². The molecule has 0 saturated carbocycles. The molecule has 0 fully saturated rings. The highest BCUT2D eigenvalue weighted by Gasteiger charge is 2.08. The van der Waals surface area contributed by atoms with Crippen LogP contribution < -0.4 is 9.47 Å². The van der Waals surface area contributed by atoms with Crippen LogP contribution in [0.2, 0.25) is 5.02 Å². The predicted molar refractivity (Wildman–Crippen MR) is 113 cm³/mol. The van der Waals surface area contributed by atoms with Gasteiger partial charge in [0.05, 0.1) is 25.1 Å². The van der Waals surface area contributed by atoms with Gasteiger partial charge in [-0.25, -0.2) is 9.97 Å². The summed E-state index contributed by atoms with van der Waals surface area (Å²) in [6, 6.07) is 15.2. The highest BCUT2D eigenvalue weighted by Crippen LogP contribution is 2.28. The molecule has 28 heavy (non-hydrogen) atoms. The van der Waals surface area contributed by atoms with Crippen molar-refractivity contribution in [3.63, 3.8) is 0 Å². The third-order valence-electron chi connectivity index (χ3n) is 4.21. The van der Waals surface area contributed by atoms with Gasteiger partial charge in [0.1, 0.15) is 5.75 Å². The number of benzene rings is 1. The summed E-state index contributed by atoms with van der Waals surface area (Å²) in [6.45, 7) is 1.63. The predicted octanol–water partition coefficient (Wildman–Crippen LogP) is 4.80. The summed E-state index contributed by atoms with van der Waals surface area (Å²) >= 11 is 6.34. The van der Waals surface area contributed by atoms with Gasteiger partial charge in [0.25, 0.3) is 0 Å². The first kappa shape index (κ1) is 20.1. The number of nitrogens with zero attached hydrogens (tertiary/aromatic N) is 3. The van der Waals surface area contributed by atoms with Gasteiger partial charge in [-0.2, -0.15) is 0 Å². The Labute approximate surface area is 170 Å². The molecule has 0 N–H and O–H groups in total. The molecule has 3 aromatic rings. The number of halogens is 1. The van der Waals surface area contributed by atoms with Crippen LogP contribution in [0.3, 0.4) is 0 Å². The molecule has 2 aromatic heterocycles. The third kappa shape index (κ3) is 5.44. The molecule has 6 heteroatoms. The van der Waals surface area contributed by atoms with Crippen molar-refractivity contribution >= 4 is 11.6 Å². The summed E-state index contributed by atoms with van der Waals surface area (Å²) in [5.74, 6) is 1.41. The standard InChI is InChI=1S/C22H24ClN3O2/c1-26(2)11-4-12-28-22-10-7-17(15-24-22)21-14-18(23)13-20(25-21)16-5-8-19(27-3)9-6-16/h5-10,13-15H,4,11-12H2,1-3H3. The fraction of sp³-hybridized carbons (Fsp3) is 0.273. The summed E-state index contributed by atoms with van der Waals surface area (Å²) in [6.07, 6.45) is 2.72. The fourth-order valence-electron chi connectivity index (χ4n) is 2.73. The van der Waals surface area contributed by atoms with Crippen LogP contribution in [-0.4, -0.2) is 49.2 Å². The lowest BCUT2D eigenvalue weighted by Crippen LogP contribution is -2.15. The van der Waals surface area contributed by atoms with Crippen molar-refractivity contribution in [2.75, 3.05) is 34.4 Å². The van der Waals surface area contributed by atoms with Crippen molar-refractivity contribution in [3.8, 4) is 34.1 Å². The minimum Gasteiger partial charge on any atom is -0.497 e. The summed E-state index contributed by atoms with van der Waals surface area (Å²) in [4.78, 5) is 11.3. The number of methoxy groups -OCH3 is 1. The molecule has 0 saturated heterocycles. The van der Waals surface area contributed by atoms with Crippen molar-refractivity contribution in [1.29, 1.82) is 0 Å². The number of pyridine rings is 2. The molecule has 0 aliphatic heterocycles. The van der Waals surface area contributed by atoms with Crippen molar-refractivity contribution in [3.05, 3.63) is 59.8 Å². The highest BCUT2D eigenvalue weighted by molar-refractivity contribution is 6.31. The van der Waals surface area contributed by atoms with E-state index in [1.807, 2.05) is 62.6 Å². The average Bonchev–Trinajstić information content (AvgIpc) is 2.71. The van der Waals surface area contributed by atoms with Crippen molar-refractivity contribution in [2.45, 2.75) is 6.42 Å². The SMILES string of the molecule is COc1ccc(-c2cc(Cl)cc(-c3ccc(OCCCN(C)C)nc3)n2)cc1. The molecule has 0 amide bonds. The molecule has 1 aromatic carbocycles. The first-order valence-corrected chi connectivity index (χ1v) is 9.49. The van der Waals surface area contributed by atoms with Gasteiger partial charge < -0.3 is 14.4 Å². The highest BCUT2D eigenvalue weighted by atomic mass is 35.5. The van der Waals surface area contributed by atoms with Gasteiger partial charge >= 0.3 is 0 Å². The summed E-state index contributed by atoms with van der Waals surface area (Å²) in [5.41, 5.74) is 3.43. The number of aromatic nitrogens is 2. The Hall–Kier alpha value is -2.63. The average molecular weight is 398 g/mol. The molecule has 0 aliphatic carbocycles.